The van der Waals surface area contributed by atoms with Gasteiger partial charge in [0.25, 0.3) is 0 Å². The molecule has 5 rings (SSSR count). The van der Waals surface area contributed by atoms with Crippen molar-refractivity contribution in [1.82, 2.24) is 0 Å². The van der Waals surface area contributed by atoms with Crippen LogP contribution in [0.4, 0.5) is 17.1 Å². The Kier molecular flexibility index (Phi) is 4.53. The molecule has 0 bridgehead atoms. The molecule has 1 aliphatic rings. The van der Waals surface area contributed by atoms with Crippen LogP contribution in [0.25, 0.3) is 10.8 Å². The van der Waals surface area contributed by atoms with Gasteiger partial charge in [-0.3, -0.25) is 4.79 Å². The first kappa shape index (κ1) is 20.5. The summed E-state index contributed by atoms with van der Waals surface area (Å²) in [5.74, 6) is 0. The molecule has 160 valence electrons. The van der Waals surface area contributed by atoms with Crippen LogP contribution in [0.2, 0.25) is 0 Å². The van der Waals surface area contributed by atoms with Crippen LogP contribution in [0, 0.1) is 0 Å². The average Bonchev–Trinajstić information content (AvgIpc) is 2.78. The van der Waals surface area contributed by atoms with Crippen molar-refractivity contribution in [2.45, 2.75) is 45.4 Å². The number of hydrogen-bond acceptors (Lipinski definition) is 2. The summed E-state index contributed by atoms with van der Waals surface area (Å²) in [6.07, 6.45) is 0.922. The van der Waals surface area contributed by atoms with Gasteiger partial charge in [0.2, 0.25) is 0 Å². The average molecular weight is 420 g/mol. The lowest BCUT2D eigenvalue weighted by Crippen LogP contribution is -2.31. The monoisotopic (exact) mass is 419 g/mol. The molecular weight excluding hydrogens is 390 g/mol. The van der Waals surface area contributed by atoms with Gasteiger partial charge >= 0.3 is 0 Å². The lowest BCUT2D eigenvalue weighted by atomic mass is 9.70. The van der Waals surface area contributed by atoms with E-state index < -0.39 is 0 Å². The van der Waals surface area contributed by atoms with Crippen molar-refractivity contribution >= 4 is 34.1 Å². The molecule has 0 aliphatic carbocycles. The Morgan fingerprint density at radius 3 is 2.22 bits per heavy atom. The van der Waals surface area contributed by atoms with E-state index in [4.69, 9.17) is 0 Å². The van der Waals surface area contributed by atoms with Crippen molar-refractivity contribution in [2.75, 3.05) is 4.90 Å². The molecule has 0 amide bonds. The first-order chi connectivity index (χ1) is 15.2. The van der Waals surface area contributed by atoms with Crippen LogP contribution in [0.1, 0.15) is 61.7 Å². The van der Waals surface area contributed by atoms with Gasteiger partial charge in [0.05, 0.1) is 11.4 Å². The standard InChI is InChI=1S/C30H29NO/c1-29(2,3)22-13-16-26-25(18-22)30(4,5)28-24-14-11-20(19-32)17-21(24)12-15-27(28)31(26)23-9-7-6-8-10-23/h6-19H,1-5H3. The summed E-state index contributed by atoms with van der Waals surface area (Å²) in [6, 6.07) is 27.9. The van der Waals surface area contributed by atoms with Crippen LogP contribution >= 0.6 is 0 Å². The third-order valence-electron chi connectivity index (χ3n) is 6.82. The number of aldehydes is 1. The molecule has 0 spiro atoms. The van der Waals surface area contributed by atoms with E-state index in [1.54, 1.807) is 0 Å². The van der Waals surface area contributed by atoms with Gasteiger partial charge in [-0.15, -0.1) is 0 Å². The van der Waals surface area contributed by atoms with Crippen molar-refractivity contribution in [1.29, 1.82) is 0 Å². The maximum Gasteiger partial charge on any atom is 0.150 e. The highest BCUT2D eigenvalue weighted by molar-refractivity contribution is 5.99. The molecule has 0 unspecified atom stereocenters. The number of para-hydroxylation sites is 1. The number of carbonyl (C=O) groups is 1. The van der Waals surface area contributed by atoms with E-state index in [0.717, 1.165) is 17.4 Å². The quantitative estimate of drug-likeness (QED) is 0.306. The minimum absolute atomic E-state index is 0.0700. The molecule has 2 heteroatoms. The number of hydrogen-bond donors (Lipinski definition) is 0. The predicted molar refractivity (Wildman–Crippen MR) is 135 cm³/mol. The first-order valence-corrected chi connectivity index (χ1v) is 11.2. The maximum atomic E-state index is 11.4. The van der Waals surface area contributed by atoms with Gasteiger partial charge in [-0.1, -0.05) is 83.1 Å². The molecule has 0 radical (unpaired) electrons. The second-order valence-electron chi connectivity index (χ2n) is 10.3. The zero-order chi connectivity index (χ0) is 22.7. The van der Waals surface area contributed by atoms with Crippen LogP contribution in [0.15, 0.2) is 78.9 Å². The van der Waals surface area contributed by atoms with Crippen LogP contribution < -0.4 is 4.90 Å². The lowest BCUT2D eigenvalue weighted by molar-refractivity contribution is 0.112. The number of anilines is 3. The summed E-state index contributed by atoms with van der Waals surface area (Å²) in [5.41, 5.74) is 8.13. The zero-order valence-electron chi connectivity index (χ0n) is 19.4. The van der Waals surface area contributed by atoms with Gasteiger partial charge in [-0.2, -0.15) is 0 Å². The minimum Gasteiger partial charge on any atom is -0.310 e. The number of fused-ring (bicyclic) bond motifs is 4. The van der Waals surface area contributed by atoms with Gasteiger partial charge in [0.15, 0.2) is 0 Å². The normalized spacial score (nSPS) is 14.7. The predicted octanol–water partition coefficient (Wildman–Crippen LogP) is 8.06. The molecule has 4 aromatic carbocycles. The van der Waals surface area contributed by atoms with Crippen molar-refractivity contribution in [3.63, 3.8) is 0 Å². The van der Waals surface area contributed by atoms with E-state index in [2.05, 4.69) is 106 Å². The van der Waals surface area contributed by atoms with E-state index in [0.29, 0.717) is 5.56 Å². The molecule has 0 N–H and O–H groups in total. The molecule has 2 nitrogen and oxygen atoms in total. The zero-order valence-corrected chi connectivity index (χ0v) is 19.4. The molecule has 0 atom stereocenters. The largest absolute Gasteiger partial charge is 0.310 e. The maximum absolute atomic E-state index is 11.4. The smallest absolute Gasteiger partial charge is 0.150 e. The van der Waals surface area contributed by atoms with E-state index in [1.807, 2.05) is 12.1 Å². The molecule has 0 aromatic heterocycles. The van der Waals surface area contributed by atoms with Gasteiger partial charge in [-0.25, -0.2) is 0 Å². The Hall–Kier alpha value is -3.39. The summed E-state index contributed by atoms with van der Waals surface area (Å²) in [6.45, 7) is 11.5. The number of nitrogens with zero attached hydrogens (tertiary/aromatic N) is 1. The fourth-order valence-corrected chi connectivity index (χ4v) is 5.07. The minimum atomic E-state index is -0.195. The summed E-state index contributed by atoms with van der Waals surface area (Å²) >= 11 is 0. The van der Waals surface area contributed by atoms with Crippen molar-refractivity contribution < 1.29 is 4.79 Å². The Labute approximate surface area is 190 Å². The Morgan fingerprint density at radius 2 is 1.53 bits per heavy atom. The van der Waals surface area contributed by atoms with E-state index in [9.17, 15) is 4.79 Å². The second kappa shape index (κ2) is 7.06. The lowest BCUT2D eigenvalue weighted by Gasteiger charge is -2.43. The van der Waals surface area contributed by atoms with Crippen LogP contribution in [-0.4, -0.2) is 6.29 Å². The summed E-state index contributed by atoms with van der Waals surface area (Å²) in [4.78, 5) is 13.8. The Morgan fingerprint density at radius 1 is 0.812 bits per heavy atom. The summed E-state index contributed by atoms with van der Waals surface area (Å²) < 4.78 is 0. The van der Waals surface area contributed by atoms with Crippen molar-refractivity contribution in [2.24, 2.45) is 0 Å². The molecule has 0 fully saturated rings. The van der Waals surface area contributed by atoms with Crippen LogP contribution in [0.3, 0.4) is 0 Å². The van der Waals surface area contributed by atoms with Gasteiger partial charge in [0, 0.05) is 16.7 Å². The Bertz CT molecular complexity index is 1340. The van der Waals surface area contributed by atoms with Crippen LogP contribution in [0.5, 0.6) is 0 Å². The Balaban J connectivity index is 1.88. The first-order valence-electron chi connectivity index (χ1n) is 11.2. The SMILES string of the molecule is CC(C)(C)c1ccc2c(c1)C(C)(C)c1c(ccc3cc(C=O)ccc13)N2c1ccccc1. The highest BCUT2D eigenvalue weighted by Crippen LogP contribution is 2.54. The highest BCUT2D eigenvalue weighted by Gasteiger charge is 2.38. The number of carbonyl (C=O) groups excluding carboxylic acids is 1. The van der Waals surface area contributed by atoms with Gasteiger partial charge in [0.1, 0.15) is 6.29 Å². The molecule has 1 heterocycles. The van der Waals surface area contributed by atoms with E-state index >= 15 is 0 Å². The number of benzene rings is 4. The highest BCUT2D eigenvalue weighted by atomic mass is 16.1. The summed E-state index contributed by atoms with van der Waals surface area (Å²) in [7, 11) is 0. The molecule has 32 heavy (non-hydrogen) atoms. The number of rotatable bonds is 2. The van der Waals surface area contributed by atoms with E-state index in [1.165, 1.54) is 33.5 Å². The third-order valence-corrected chi connectivity index (χ3v) is 6.82. The second-order valence-corrected chi connectivity index (χ2v) is 10.3. The van der Waals surface area contributed by atoms with E-state index in [-0.39, 0.29) is 10.8 Å². The van der Waals surface area contributed by atoms with Gasteiger partial charge in [-0.05, 0) is 63.2 Å². The van der Waals surface area contributed by atoms with Crippen molar-refractivity contribution in [3.05, 3.63) is 101 Å². The summed E-state index contributed by atoms with van der Waals surface area (Å²) in [5, 5.41) is 2.30. The molecular formula is C30H29NO. The van der Waals surface area contributed by atoms with Gasteiger partial charge < -0.3 is 4.90 Å². The molecule has 0 saturated heterocycles. The molecule has 1 aliphatic heterocycles. The van der Waals surface area contributed by atoms with Crippen LogP contribution in [-0.2, 0) is 10.8 Å². The fraction of sp³-hybridized carbons (Fsp3) is 0.233. The van der Waals surface area contributed by atoms with Crippen molar-refractivity contribution in [3.8, 4) is 0 Å². The topological polar surface area (TPSA) is 20.3 Å². The molecule has 4 aromatic rings. The third kappa shape index (κ3) is 3.05. The fourth-order valence-electron chi connectivity index (χ4n) is 5.07. The molecule has 0 saturated carbocycles.